The first-order chi connectivity index (χ1) is 9.84. The van der Waals surface area contributed by atoms with Crippen LogP contribution in [-0.4, -0.2) is 18.2 Å². The minimum Gasteiger partial charge on any atom is -0.335 e. The smallest absolute Gasteiger partial charge is 0.335 e. The lowest BCUT2D eigenvalue weighted by Crippen LogP contribution is -2.41. The second kappa shape index (κ2) is 6.37. The molecule has 21 heavy (non-hydrogen) atoms. The molecule has 0 atom stereocenters. The van der Waals surface area contributed by atoms with Crippen molar-refractivity contribution in [2.75, 3.05) is 5.32 Å². The SMILES string of the molecule is Cc1ccc(NC(=O)NC2CCC(C(F)(F)F)CC2)cc1. The number of hydrogen-bond acceptors (Lipinski definition) is 1. The Kier molecular flexibility index (Phi) is 4.75. The Bertz CT molecular complexity index is 477. The van der Waals surface area contributed by atoms with Gasteiger partial charge >= 0.3 is 12.2 Å². The third kappa shape index (κ3) is 4.65. The standard InChI is InChI=1S/C15H19F3N2O/c1-10-2-6-12(7-3-10)19-14(21)20-13-8-4-11(5-9-13)15(16,17)18/h2-3,6-7,11,13H,4-5,8-9H2,1H3,(H2,19,20,21). The number of alkyl halides is 3. The molecule has 2 rings (SSSR count). The highest BCUT2D eigenvalue weighted by molar-refractivity contribution is 5.89. The number of benzene rings is 1. The maximum atomic E-state index is 12.6. The zero-order valence-electron chi connectivity index (χ0n) is 11.8. The molecule has 6 heteroatoms. The van der Waals surface area contributed by atoms with Crippen molar-refractivity contribution in [2.24, 2.45) is 5.92 Å². The van der Waals surface area contributed by atoms with Gasteiger partial charge in [-0.2, -0.15) is 13.2 Å². The summed E-state index contributed by atoms with van der Waals surface area (Å²) in [5.41, 5.74) is 1.76. The van der Waals surface area contributed by atoms with Gasteiger partial charge in [0.05, 0.1) is 5.92 Å². The lowest BCUT2D eigenvalue weighted by molar-refractivity contribution is -0.182. The highest BCUT2D eigenvalue weighted by Crippen LogP contribution is 2.37. The third-order valence-corrected chi connectivity index (χ3v) is 3.83. The summed E-state index contributed by atoms with van der Waals surface area (Å²) in [7, 11) is 0. The summed E-state index contributed by atoms with van der Waals surface area (Å²) >= 11 is 0. The fraction of sp³-hybridized carbons (Fsp3) is 0.533. The van der Waals surface area contributed by atoms with Crippen molar-refractivity contribution in [3.63, 3.8) is 0 Å². The zero-order chi connectivity index (χ0) is 15.5. The van der Waals surface area contributed by atoms with Gasteiger partial charge in [-0.3, -0.25) is 0 Å². The quantitative estimate of drug-likeness (QED) is 0.843. The average Bonchev–Trinajstić information content (AvgIpc) is 2.41. The van der Waals surface area contributed by atoms with Crippen molar-refractivity contribution in [2.45, 2.75) is 44.8 Å². The van der Waals surface area contributed by atoms with Gasteiger partial charge in [-0.05, 0) is 44.7 Å². The highest BCUT2D eigenvalue weighted by atomic mass is 19.4. The van der Waals surface area contributed by atoms with Gasteiger partial charge in [0, 0.05) is 11.7 Å². The van der Waals surface area contributed by atoms with Crippen LogP contribution in [0.4, 0.5) is 23.7 Å². The molecular weight excluding hydrogens is 281 g/mol. The molecule has 0 aromatic heterocycles. The molecule has 2 amide bonds. The summed E-state index contributed by atoms with van der Waals surface area (Å²) in [4.78, 5) is 11.8. The molecule has 0 bridgehead atoms. The molecule has 0 spiro atoms. The van der Waals surface area contributed by atoms with Gasteiger partial charge in [0.1, 0.15) is 0 Å². The van der Waals surface area contributed by atoms with E-state index in [1.807, 2.05) is 19.1 Å². The summed E-state index contributed by atoms with van der Waals surface area (Å²) in [6, 6.07) is 6.78. The lowest BCUT2D eigenvalue weighted by atomic mass is 9.86. The minimum atomic E-state index is -4.12. The predicted octanol–water partition coefficient (Wildman–Crippen LogP) is 4.24. The zero-order valence-corrected chi connectivity index (χ0v) is 11.8. The number of anilines is 1. The number of nitrogens with one attached hydrogen (secondary N) is 2. The molecule has 1 aliphatic rings. The van der Waals surface area contributed by atoms with Gasteiger partial charge in [0.15, 0.2) is 0 Å². The molecule has 3 nitrogen and oxygen atoms in total. The molecule has 2 N–H and O–H groups in total. The second-order valence-corrected chi connectivity index (χ2v) is 5.55. The van der Waals surface area contributed by atoms with Crippen LogP contribution >= 0.6 is 0 Å². The van der Waals surface area contributed by atoms with E-state index in [0.717, 1.165) is 5.56 Å². The summed E-state index contributed by atoms with van der Waals surface area (Å²) < 4.78 is 37.7. The monoisotopic (exact) mass is 300 g/mol. The molecule has 1 aromatic carbocycles. The van der Waals surface area contributed by atoms with E-state index >= 15 is 0 Å². The highest BCUT2D eigenvalue weighted by Gasteiger charge is 2.41. The van der Waals surface area contributed by atoms with Crippen LogP contribution in [0.5, 0.6) is 0 Å². The van der Waals surface area contributed by atoms with E-state index in [0.29, 0.717) is 18.5 Å². The van der Waals surface area contributed by atoms with Gasteiger partial charge in [0.25, 0.3) is 0 Å². The Labute approximate surface area is 121 Å². The number of rotatable bonds is 2. The summed E-state index contributed by atoms with van der Waals surface area (Å²) in [5, 5.41) is 5.42. The van der Waals surface area contributed by atoms with Crippen molar-refractivity contribution in [3.05, 3.63) is 29.8 Å². The van der Waals surface area contributed by atoms with Gasteiger partial charge in [0.2, 0.25) is 0 Å². The van der Waals surface area contributed by atoms with E-state index < -0.39 is 12.1 Å². The fourth-order valence-corrected chi connectivity index (χ4v) is 2.55. The van der Waals surface area contributed by atoms with Crippen LogP contribution in [-0.2, 0) is 0 Å². The Hall–Kier alpha value is -1.72. The predicted molar refractivity (Wildman–Crippen MR) is 75.1 cm³/mol. The largest absolute Gasteiger partial charge is 0.391 e. The van der Waals surface area contributed by atoms with Gasteiger partial charge in [-0.1, -0.05) is 17.7 Å². The van der Waals surface area contributed by atoms with E-state index in [1.54, 1.807) is 12.1 Å². The molecule has 1 aromatic rings. The topological polar surface area (TPSA) is 41.1 Å². The second-order valence-electron chi connectivity index (χ2n) is 5.55. The summed E-state index contributed by atoms with van der Waals surface area (Å²) in [6.45, 7) is 1.95. The number of carbonyl (C=O) groups excluding carboxylic acids is 1. The van der Waals surface area contributed by atoms with Gasteiger partial charge in [-0.15, -0.1) is 0 Å². The molecule has 1 fully saturated rings. The van der Waals surface area contributed by atoms with E-state index in [-0.39, 0.29) is 24.9 Å². The lowest BCUT2D eigenvalue weighted by Gasteiger charge is -2.30. The normalized spacial score (nSPS) is 22.7. The summed E-state index contributed by atoms with van der Waals surface area (Å²) in [6.07, 6.45) is -3.22. The molecule has 116 valence electrons. The maximum Gasteiger partial charge on any atom is 0.391 e. The van der Waals surface area contributed by atoms with Crippen LogP contribution in [0.25, 0.3) is 0 Å². The van der Waals surface area contributed by atoms with Crippen LogP contribution < -0.4 is 10.6 Å². The van der Waals surface area contributed by atoms with Gasteiger partial charge in [-0.25, -0.2) is 4.79 Å². The molecule has 1 aliphatic carbocycles. The molecule has 0 aliphatic heterocycles. The Morgan fingerprint density at radius 1 is 1.10 bits per heavy atom. The van der Waals surface area contributed by atoms with Crippen LogP contribution in [0.3, 0.4) is 0 Å². The van der Waals surface area contributed by atoms with Crippen LogP contribution in [0, 0.1) is 12.8 Å². The molecule has 0 radical (unpaired) electrons. The van der Waals surface area contributed by atoms with Crippen molar-refractivity contribution >= 4 is 11.7 Å². The van der Waals surface area contributed by atoms with E-state index in [4.69, 9.17) is 0 Å². The average molecular weight is 300 g/mol. The van der Waals surface area contributed by atoms with Crippen LogP contribution in [0.2, 0.25) is 0 Å². The summed E-state index contributed by atoms with van der Waals surface area (Å²) in [5.74, 6) is -1.23. The molecule has 1 saturated carbocycles. The number of amides is 2. The van der Waals surface area contributed by atoms with E-state index in [2.05, 4.69) is 10.6 Å². The first kappa shape index (κ1) is 15.7. The first-order valence-corrected chi connectivity index (χ1v) is 7.05. The Balaban J connectivity index is 1.78. The van der Waals surface area contributed by atoms with Crippen molar-refractivity contribution in [1.29, 1.82) is 0 Å². The van der Waals surface area contributed by atoms with E-state index in [1.165, 1.54) is 0 Å². The molecule has 0 heterocycles. The molecule has 0 saturated heterocycles. The third-order valence-electron chi connectivity index (χ3n) is 3.83. The van der Waals surface area contributed by atoms with Crippen LogP contribution in [0.1, 0.15) is 31.2 Å². The van der Waals surface area contributed by atoms with Crippen molar-refractivity contribution in [3.8, 4) is 0 Å². The van der Waals surface area contributed by atoms with Crippen molar-refractivity contribution in [1.82, 2.24) is 5.32 Å². The molecule has 0 unspecified atom stereocenters. The Morgan fingerprint density at radius 3 is 2.19 bits per heavy atom. The minimum absolute atomic E-state index is 0.0823. The number of hydrogen-bond donors (Lipinski definition) is 2. The number of halogens is 3. The number of urea groups is 1. The van der Waals surface area contributed by atoms with Crippen molar-refractivity contribution < 1.29 is 18.0 Å². The van der Waals surface area contributed by atoms with Crippen LogP contribution in [0.15, 0.2) is 24.3 Å². The molecular formula is C15H19F3N2O. The first-order valence-electron chi connectivity index (χ1n) is 7.05. The number of carbonyl (C=O) groups is 1. The fourth-order valence-electron chi connectivity index (χ4n) is 2.55. The maximum absolute atomic E-state index is 12.6. The number of aryl methyl sites for hydroxylation is 1. The Morgan fingerprint density at radius 2 is 1.67 bits per heavy atom. The van der Waals surface area contributed by atoms with Gasteiger partial charge < -0.3 is 10.6 Å². The van der Waals surface area contributed by atoms with E-state index in [9.17, 15) is 18.0 Å².